The Labute approximate surface area is 200 Å². The van der Waals surface area contributed by atoms with Gasteiger partial charge in [-0.3, -0.25) is 9.78 Å². The number of benzene rings is 2. The maximum Gasteiger partial charge on any atom is 0.341 e. The highest BCUT2D eigenvalue weighted by molar-refractivity contribution is 7.99. The summed E-state index contributed by atoms with van der Waals surface area (Å²) < 4.78 is 6.29. The average Bonchev–Trinajstić information content (AvgIpc) is 3.25. The van der Waals surface area contributed by atoms with Crippen LogP contribution in [-0.2, 0) is 10.2 Å². The number of H-pyrrole nitrogens is 1. The molecule has 4 aromatic rings. The molecule has 0 saturated heterocycles. The third-order valence-corrected chi connectivity index (χ3v) is 6.50. The molecule has 0 aliphatic carbocycles. The molecule has 7 nitrogen and oxygen atoms in total. The van der Waals surface area contributed by atoms with Crippen molar-refractivity contribution in [2.45, 2.75) is 42.9 Å². The zero-order chi connectivity index (χ0) is 23.8. The van der Waals surface area contributed by atoms with Crippen molar-refractivity contribution < 1.29 is 9.53 Å². The first-order valence-corrected chi connectivity index (χ1v) is 11.6. The second-order valence-electron chi connectivity index (χ2n) is 8.46. The van der Waals surface area contributed by atoms with Crippen molar-refractivity contribution in [1.82, 2.24) is 19.7 Å². The molecule has 0 aliphatic rings. The number of carbonyl (C=O) groups excluding carboxylic acids is 1. The van der Waals surface area contributed by atoms with Crippen LogP contribution < -0.4 is 5.56 Å². The van der Waals surface area contributed by atoms with Gasteiger partial charge in [0.2, 0.25) is 5.95 Å². The van der Waals surface area contributed by atoms with E-state index in [0.29, 0.717) is 15.9 Å². The molecule has 2 heterocycles. The first-order chi connectivity index (χ1) is 15.7. The summed E-state index contributed by atoms with van der Waals surface area (Å²) in [7, 11) is 0. The molecule has 0 fully saturated rings. The van der Waals surface area contributed by atoms with Crippen LogP contribution in [0.1, 0.15) is 43.6 Å². The highest BCUT2D eigenvalue weighted by Gasteiger charge is 2.16. The lowest BCUT2D eigenvalue weighted by Crippen LogP contribution is -2.14. The number of nitrogens with zero attached hydrogens (tertiary/aromatic N) is 3. The molecule has 170 valence electrons. The van der Waals surface area contributed by atoms with Crippen molar-refractivity contribution in [2.75, 3.05) is 6.61 Å². The molecule has 0 spiro atoms. The van der Waals surface area contributed by atoms with Crippen molar-refractivity contribution in [1.29, 1.82) is 0 Å². The molecule has 0 aliphatic heterocycles. The monoisotopic (exact) mass is 482 g/mol. The molecular formula is C24H23ClN4O3S. The highest BCUT2D eigenvalue weighted by Crippen LogP contribution is 2.36. The molecule has 0 unspecified atom stereocenters. The number of aromatic nitrogens is 4. The summed E-state index contributed by atoms with van der Waals surface area (Å²) in [6.45, 7) is 8.49. The number of nitrogens with one attached hydrogen (secondary N) is 1. The Morgan fingerprint density at radius 1 is 1.21 bits per heavy atom. The van der Waals surface area contributed by atoms with Gasteiger partial charge in [-0.15, -0.1) is 0 Å². The summed E-state index contributed by atoms with van der Waals surface area (Å²) in [6, 6.07) is 11.7. The van der Waals surface area contributed by atoms with E-state index >= 15 is 0 Å². The van der Waals surface area contributed by atoms with Crippen LogP contribution in [0.3, 0.4) is 0 Å². The molecule has 4 rings (SSSR count). The van der Waals surface area contributed by atoms with Gasteiger partial charge in [-0.25, -0.2) is 14.5 Å². The quantitative estimate of drug-likeness (QED) is 0.384. The van der Waals surface area contributed by atoms with E-state index in [1.807, 2.05) is 0 Å². The summed E-state index contributed by atoms with van der Waals surface area (Å²) in [4.78, 5) is 33.7. The topological polar surface area (TPSA) is 89.9 Å². The van der Waals surface area contributed by atoms with Crippen LogP contribution in [0.4, 0.5) is 0 Å². The largest absolute Gasteiger partial charge is 0.462 e. The van der Waals surface area contributed by atoms with E-state index in [-0.39, 0.29) is 29.1 Å². The number of aromatic amines is 1. The van der Waals surface area contributed by atoms with Crippen LogP contribution in [0.25, 0.3) is 16.9 Å². The lowest BCUT2D eigenvalue weighted by molar-refractivity contribution is 0.0526. The van der Waals surface area contributed by atoms with E-state index in [2.05, 4.69) is 60.1 Å². The maximum atomic E-state index is 12.8. The number of carbonyl (C=O) groups is 1. The Bertz CT molecular complexity index is 1390. The van der Waals surface area contributed by atoms with E-state index in [1.165, 1.54) is 34.4 Å². The third-order valence-electron chi connectivity index (χ3n) is 5.01. The zero-order valence-corrected chi connectivity index (χ0v) is 20.3. The second kappa shape index (κ2) is 9.03. The molecule has 0 saturated carbocycles. The zero-order valence-electron chi connectivity index (χ0n) is 18.7. The number of esters is 1. The van der Waals surface area contributed by atoms with E-state index in [1.54, 1.807) is 19.1 Å². The van der Waals surface area contributed by atoms with Crippen LogP contribution in [0.15, 0.2) is 63.4 Å². The van der Waals surface area contributed by atoms with Gasteiger partial charge in [0.15, 0.2) is 0 Å². The van der Waals surface area contributed by atoms with Crippen molar-refractivity contribution in [3.8, 4) is 5.95 Å². The maximum absolute atomic E-state index is 12.8. The fourth-order valence-electron chi connectivity index (χ4n) is 3.22. The third kappa shape index (κ3) is 4.96. The molecular weight excluding hydrogens is 460 g/mol. The van der Waals surface area contributed by atoms with Crippen molar-refractivity contribution in [3.63, 3.8) is 0 Å². The van der Waals surface area contributed by atoms with E-state index in [4.69, 9.17) is 16.3 Å². The predicted octanol–water partition coefficient (Wildman–Crippen LogP) is 5.39. The number of fused-ring (bicyclic) bond motifs is 1. The number of rotatable bonds is 5. The van der Waals surface area contributed by atoms with Gasteiger partial charge in [0, 0.05) is 16.0 Å². The van der Waals surface area contributed by atoms with Gasteiger partial charge in [-0.1, -0.05) is 56.3 Å². The van der Waals surface area contributed by atoms with Crippen LogP contribution >= 0.6 is 23.4 Å². The standard InChI is InChI=1S/C24H23ClN4O3S/c1-5-32-22(31)14-12-26-29(13-14)23-27-19-11-18(25)20(10-17(19)21(30)28-23)33-16-8-6-15(7-9-16)24(2,3)4/h6-13H,5H2,1-4H3,(H,27,28,30). The minimum atomic E-state index is -0.493. The van der Waals surface area contributed by atoms with Gasteiger partial charge < -0.3 is 4.74 Å². The number of halogens is 1. The van der Waals surface area contributed by atoms with E-state index in [0.717, 1.165) is 9.79 Å². The summed E-state index contributed by atoms with van der Waals surface area (Å²) in [5.74, 6) is -0.315. The van der Waals surface area contributed by atoms with Gasteiger partial charge in [-0.2, -0.15) is 5.10 Å². The van der Waals surface area contributed by atoms with E-state index < -0.39 is 5.97 Å². The summed E-state index contributed by atoms with van der Waals surface area (Å²) in [6.07, 6.45) is 2.81. The fourth-order valence-corrected chi connectivity index (χ4v) is 4.36. The molecule has 0 atom stereocenters. The lowest BCUT2D eigenvalue weighted by Gasteiger charge is -2.19. The predicted molar refractivity (Wildman–Crippen MR) is 130 cm³/mol. The average molecular weight is 483 g/mol. The normalized spacial score (nSPS) is 11.7. The Hall–Kier alpha value is -3.10. The first kappa shape index (κ1) is 23.1. The Kier molecular flexibility index (Phi) is 6.32. The number of hydrogen-bond acceptors (Lipinski definition) is 6. The summed E-state index contributed by atoms with van der Waals surface area (Å²) in [5, 5.41) is 5.01. The van der Waals surface area contributed by atoms with Crippen molar-refractivity contribution in [2.24, 2.45) is 0 Å². The van der Waals surface area contributed by atoms with Gasteiger partial charge >= 0.3 is 5.97 Å². The SMILES string of the molecule is CCOC(=O)c1cnn(-c2nc3cc(Cl)c(Sc4ccc(C(C)(C)C)cc4)cc3c(=O)[nH]2)c1. The molecule has 0 bridgehead atoms. The van der Waals surface area contributed by atoms with Gasteiger partial charge in [0.05, 0.1) is 34.3 Å². The summed E-state index contributed by atoms with van der Waals surface area (Å²) >= 11 is 8.02. The Morgan fingerprint density at radius 2 is 1.94 bits per heavy atom. The van der Waals surface area contributed by atoms with Crippen LogP contribution in [0.5, 0.6) is 0 Å². The van der Waals surface area contributed by atoms with Crippen LogP contribution in [0, 0.1) is 0 Å². The Morgan fingerprint density at radius 3 is 2.61 bits per heavy atom. The molecule has 33 heavy (non-hydrogen) atoms. The first-order valence-electron chi connectivity index (χ1n) is 10.4. The van der Waals surface area contributed by atoms with Crippen LogP contribution in [0.2, 0.25) is 5.02 Å². The van der Waals surface area contributed by atoms with Crippen molar-refractivity contribution in [3.05, 3.63) is 75.3 Å². The lowest BCUT2D eigenvalue weighted by atomic mass is 9.87. The Balaban J connectivity index is 1.65. The molecule has 2 aromatic heterocycles. The molecule has 1 N–H and O–H groups in total. The summed E-state index contributed by atoms with van der Waals surface area (Å²) in [5.41, 5.74) is 1.69. The number of ether oxygens (including phenoxy) is 1. The van der Waals surface area contributed by atoms with E-state index in [9.17, 15) is 9.59 Å². The molecule has 9 heteroatoms. The van der Waals surface area contributed by atoms with Gasteiger partial charge in [-0.05, 0) is 42.2 Å². The molecule has 0 amide bonds. The number of hydrogen-bond donors (Lipinski definition) is 1. The fraction of sp³-hybridized carbons (Fsp3) is 0.250. The smallest absolute Gasteiger partial charge is 0.341 e. The second-order valence-corrected chi connectivity index (χ2v) is 9.98. The molecule has 0 radical (unpaired) electrons. The minimum absolute atomic E-state index is 0.0755. The van der Waals surface area contributed by atoms with Crippen LogP contribution in [-0.4, -0.2) is 32.3 Å². The van der Waals surface area contributed by atoms with Gasteiger partial charge in [0.25, 0.3) is 5.56 Å². The van der Waals surface area contributed by atoms with Gasteiger partial charge in [0.1, 0.15) is 0 Å². The molecule has 2 aromatic carbocycles. The minimum Gasteiger partial charge on any atom is -0.462 e. The highest BCUT2D eigenvalue weighted by atomic mass is 35.5. The van der Waals surface area contributed by atoms with Crippen molar-refractivity contribution >= 4 is 40.2 Å².